The van der Waals surface area contributed by atoms with Crippen LogP contribution in [0.2, 0.25) is 0 Å². The Hall–Kier alpha value is -1.80. The van der Waals surface area contributed by atoms with E-state index in [0.717, 1.165) is 77.8 Å². The number of allylic oxidation sites excluding steroid dienone is 1. The lowest BCUT2D eigenvalue weighted by Gasteiger charge is -2.31. The van der Waals surface area contributed by atoms with Gasteiger partial charge in [-0.25, -0.2) is 0 Å². The van der Waals surface area contributed by atoms with Gasteiger partial charge in [-0.1, -0.05) is 6.42 Å². The van der Waals surface area contributed by atoms with Gasteiger partial charge in [-0.2, -0.15) is 10.5 Å². The maximum Gasteiger partial charge on any atom is 0.169 e. The fourth-order valence-corrected chi connectivity index (χ4v) is 4.28. The summed E-state index contributed by atoms with van der Waals surface area (Å²) in [5, 5.41) is 18.9. The second kappa shape index (κ2) is 10.5. The third-order valence-electron chi connectivity index (χ3n) is 5.83. The Labute approximate surface area is 163 Å². The number of ether oxygens (including phenoxy) is 1. The highest BCUT2D eigenvalue weighted by Crippen LogP contribution is 2.22. The molecule has 0 radical (unpaired) electrons. The predicted molar refractivity (Wildman–Crippen MR) is 104 cm³/mol. The molecule has 3 aliphatic rings. The quantitative estimate of drug-likeness (QED) is 0.619. The van der Waals surface area contributed by atoms with Gasteiger partial charge in [0.15, 0.2) is 5.57 Å². The Morgan fingerprint density at radius 1 is 0.741 bits per heavy atom. The van der Waals surface area contributed by atoms with Gasteiger partial charge < -0.3 is 19.4 Å². The Bertz CT molecular complexity index is 564. The van der Waals surface area contributed by atoms with Crippen LogP contribution in [-0.2, 0) is 4.74 Å². The molecule has 27 heavy (non-hydrogen) atoms. The van der Waals surface area contributed by atoms with Crippen LogP contribution in [0, 0.1) is 22.7 Å². The van der Waals surface area contributed by atoms with Gasteiger partial charge in [0, 0.05) is 52.4 Å². The second-order valence-electron chi connectivity index (χ2n) is 7.61. The summed E-state index contributed by atoms with van der Waals surface area (Å²) in [6, 6.07) is 4.25. The van der Waals surface area contributed by atoms with Gasteiger partial charge in [0.05, 0.1) is 13.2 Å². The molecule has 0 aromatic carbocycles. The van der Waals surface area contributed by atoms with Crippen molar-refractivity contribution in [2.75, 3.05) is 78.7 Å². The smallest absolute Gasteiger partial charge is 0.169 e. The number of hydrogen-bond acceptors (Lipinski definition) is 7. The van der Waals surface area contributed by atoms with Crippen LogP contribution in [0.5, 0.6) is 0 Å². The van der Waals surface area contributed by atoms with Gasteiger partial charge in [0.1, 0.15) is 18.0 Å². The molecular weight excluding hydrogens is 340 g/mol. The molecule has 0 unspecified atom stereocenters. The highest BCUT2D eigenvalue weighted by Gasteiger charge is 2.28. The molecule has 0 bridgehead atoms. The molecule has 0 saturated carbocycles. The number of rotatable bonds is 7. The van der Waals surface area contributed by atoms with Gasteiger partial charge >= 0.3 is 0 Å². The SMILES string of the molecule is N#CC(C#N)=C1N(CCCN2CCOCC2)CCN1CCN1CCCCC1. The predicted octanol–water partition coefficient (Wildman–Crippen LogP) is 1.07. The standard InChI is InChI=1S/C20H32N6O/c21-17-19(18-22)20-25(8-4-7-24-13-15-27-16-14-24)11-12-26(20)10-9-23-5-2-1-3-6-23/h1-16H2. The summed E-state index contributed by atoms with van der Waals surface area (Å²) in [6.45, 7) is 11.7. The van der Waals surface area contributed by atoms with Crippen molar-refractivity contribution in [3.63, 3.8) is 0 Å². The van der Waals surface area contributed by atoms with Gasteiger partial charge in [-0.15, -0.1) is 0 Å². The van der Waals surface area contributed by atoms with Gasteiger partial charge in [-0.05, 0) is 32.4 Å². The summed E-state index contributed by atoms with van der Waals surface area (Å²) in [4.78, 5) is 9.46. The molecule has 0 amide bonds. The van der Waals surface area contributed by atoms with Gasteiger partial charge in [0.25, 0.3) is 0 Å². The lowest BCUT2D eigenvalue weighted by molar-refractivity contribution is 0.0366. The minimum atomic E-state index is 0.262. The monoisotopic (exact) mass is 372 g/mol. The molecule has 0 aromatic heterocycles. The Morgan fingerprint density at radius 3 is 2.04 bits per heavy atom. The lowest BCUT2D eigenvalue weighted by Crippen LogP contribution is -2.38. The maximum absolute atomic E-state index is 9.45. The van der Waals surface area contributed by atoms with E-state index in [0.29, 0.717) is 0 Å². The second-order valence-corrected chi connectivity index (χ2v) is 7.61. The van der Waals surface area contributed by atoms with E-state index >= 15 is 0 Å². The van der Waals surface area contributed by atoms with Crippen molar-refractivity contribution in [3.8, 4) is 12.1 Å². The first kappa shape index (κ1) is 19.9. The number of morpholine rings is 1. The molecule has 3 aliphatic heterocycles. The zero-order chi connectivity index (χ0) is 18.9. The fourth-order valence-electron chi connectivity index (χ4n) is 4.28. The Kier molecular flexibility index (Phi) is 7.77. The summed E-state index contributed by atoms with van der Waals surface area (Å²) >= 11 is 0. The molecule has 3 fully saturated rings. The summed E-state index contributed by atoms with van der Waals surface area (Å²) in [5.41, 5.74) is 0.262. The first-order valence-electron chi connectivity index (χ1n) is 10.4. The third-order valence-corrected chi connectivity index (χ3v) is 5.83. The van der Waals surface area contributed by atoms with Crippen LogP contribution in [-0.4, -0.2) is 98.3 Å². The van der Waals surface area contributed by atoms with Crippen molar-refractivity contribution in [1.82, 2.24) is 19.6 Å². The average Bonchev–Trinajstić information content (AvgIpc) is 3.12. The maximum atomic E-state index is 9.45. The van der Waals surface area contributed by atoms with Crippen LogP contribution >= 0.6 is 0 Å². The molecule has 0 atom stereocenters. The van der Waals surface area contributed by atoms with E-state index < -0.39 is 0 Å². The molecule has 3 saturated heterocycles. The van der Waals surface area contributed by atoms with E-state index in [1.54, 1.807) is 0 Å². The summed E-state index contributed by atoms with van der Waals surface area (Å²) in [5.74, 6) is 0.860. The Morgan fingerprint density at radius 2 is 1.37 bits per heavy atom. The highest BCUT2D eigenvalue weighted by atomic mass is 16.5. The Balaban J connectivity index is 1.54. The van der Waals surface area contributed by atoms with Crippen molar-refractivity contribution in [3.05, 3.63) is 11.4 Å². The molecule has 3 rings (SSSR count). The third kappa shape index (κ3) is 5.59. The van der Waals surface area contributed by atoms with Crippen molar-refractivity contribution in [2.45, 2.75) is 25.7 Å². The van der Waals surface area contributed by atoms with Crippen LogP contribution in [0.25, 0.3) is 0 Å². The van der Waals surface area contributed by atoms with Crippen molar-refractivity contribution < 1.29 is 4.74 Å². The van der Waals surface area contributed by atoms with Crippen LogP contribution in [0.15, 0.2) is 11.4 Å². The summed E-state index contributed by atoms with van der Waals surface area (Å²) < 4.78 is 5.41. The lowest BCUT2D eigenvalue weighted by atomic mass is 10.1. The van der Waals surface area contributed by atoms with E-state index in [2.05, 4.69) is 31.7 Å². The minimum absolute atomic E-state index is 0.262. The van der Waals surface area contributed by atoms with Crippen LogP contribution in [0.1, 0.15) is 25.7 Å². The first-order valence-corrected chi connectivity index (χ1v) is 10.4. The normalized spacial score (nSPS) is 21.9. The van der Waals surface area contributed by atoms with E-state index in [1.165, 1.54) is 32.4 Å². The molecule has 0 aromatic rings. The van der Waals surface area contributed by atoms with Crippen molar-refractivity contribution in [2.24, 2.45) is 0 Å². The summed E-state index contributed by atoms with van der Waals surface area (Å²) in [6.07, 6.45) is 4.97. The zero-order valence-corrected chi connectivity index (χ0v) is 16.4. The van der Waals surface area contributed by atoms with Crippen molar-refractivity contribution in [1.29, 1.82) is 10.5 Å². The fraction of sp³-hybridized carbons (Fsp3) is 0.800. The van der Waals surface area contributed by atoms with Crippen LogP contribution in [0.3, 0.4) is 0 Å². The molecule has 0 spiro atoms. The van der Waals surface area contributed by atoms with E-state index in [1.807, 2.05) is 0 Å². The average molecular weight is 373 g/mol. The molecule has 7 heteroatoms. The molecule has 0 aliphatic carbocycles. The van der Waals surface area contributed by atoms with Gasteiger partial charge in [0.2, 0.25) is 0 Å². The highest BCUT2D eigenvalue weighted by molar-refractivity contribution is 5.40. The van der Waals surface area contributed by atoms with Gasteiger partial charge in [-0.3, -0.25) is 4.90 Å². The molecule has 148 valence electrons. The number of hydrogen-bond donors (Lipinski definition) is 0. The molecular formula is C20H32N6O. The first-order chi connectivity index (χ1) is 13.3. The molecule has 3 heterocycles. The number of nitriles is 2. The van der Waals surface area contributed by atoms with Crippen molar-refractivity contribution >= 4 is 0 Å². The van der Waals surface area contributed by atoms with E-state index in [9.17, 15) is 10.5 Å². The van der Waals surface area contributed by atoms with E-state index in [-0.39, 0.29) is 5.57 Å². The van der Waals surface area contributed by atoms with Crippen LogP contribution in [0.4, 0.5) is 0 Å². The number of piperidine rings is 1. The number of likely N-dealkylation sites (tertiary alicyclic amines) is 1. The molecule has 7 nitrogen and oxygen atoms in total. The zero-order valence-electron chi connectivity index (χ0n) is 16.4. The summed E-state index contributed by atoms with van der Waals surface area (Å²) in [7, 11) is 0. The minimum Gasteiger partial charge on any atom is -0.379 e. The topological polar surface area (TPSA) is 69.8 Å². The number of nitrogens with zero attached hydrogens (tertiary/aromatic N) is 6. The molecule has 0 N–H and O–H groups in total. The van der Waals surface area contributed by atoms with Crippen LogP contribution < -0.4 is 0 Å². The largest absolute Gasteiger partial charge is 0.379 e. The van der Waals surface area contributed by atoms with E-state index in [4.69, 9.17) is 4.74 Å².